The van der Waals surface area contributed by atoms with Crippen molar-refractivity contribution in [2.24, 2.45) is 16.8 Å². The molecule has 3 unspecified atom stereocenters. The number of carbonyl (C=O) groups is 1. The highest BCUT2D eigenvalue weighted by Gasteiger charge is 2.39. The number of hydrogen-bond acceptors (Lipinski definition) is 3. The lowest BCUT2D eigenvalue weighted by molar-refractivity contribution is -0.127. The molecule has 9 heteroatoms. The average molecular weight is 536 g/mol. The van der Waals surface area contributed by atoms with Gasteiger partial charge in [0.1, 0.15) is 5.75 Å². The molecule has 0 radical (unpaired) electrons. The Morgan fingerprint density at radius 3 is 2.67 bits per heavy atom. The number of halogens is 3. The summed E-state index contributed by atoms with van der Waals surface area (Å²) in [5, 5.41) is 6.56. The van der Waals surface area contributed by atoms with Crippen LogP contribution in [0.5, 0.6) is 5.75 Å². The third kappa shape index (κ3) is 6.68. The average Bonchev–Trinajstić information content (AvgIpc) is 3.28. The molecule has 0 spiro atoms. The number of fused-ring (bicyclic) bond motifs is 2. The van der Waals surface area contributed by atoms with Crippen LogP contribution in [0.3, 0.4) is 0 Å². The summed E-state index contributed by atoms with van der Waals surface area (Å²) in [5.74, 6) is 1.99. The third-order valence-corrected chi connectivity index (χ3v) is 5.81. The first-order valence-corrected chi connectivity index (χ1v) is 10.1. The zero-order valence-electron chi connectivity index (χ0n) is 17.7. The molecule has 6 nitrogen and oxygen atoms in total. The van der Waals surface area contributed by atoms with Gasteiger partial charge in [-0.3, -0.25) is 4.79 Å². The smallest absolute Gasteiger partial charge is 0.387 e. The molecule has 1 aromatic rings. The first-order chi connectivity index (χ1) is 13.8. The molecule has 3 rings (SSSR count). The van der Waals surface area contributed by atoms with Crippen molar-refractivity contribution in [3.63, 3.8) is 0 Å². The molecule has 2 N–H and O–H groups in total. The predicted octanol–water partition coefficient (Wildman–Crippen LogP) is 3.53. The monoisotopic (exact) mass is 536 g/mol. The van der Waals surface area contributed by atoms with Gasteiger partial charge in [-0.05, 0) is 44.1 Å². The maximum Gasteiger partial charge on any atom is 0.387 e. The van der Waals surface area contributed by atoms with Crippen LogP contribution >= 0.6 is 24.0 Å². The number of amides is 1. The van der Waals surface area contributed by atoms with E-state index in [1.54, 1.807) is 32.3 Å². The summed E-state index contributed by atoms with van der Waals surface area (Å²) < 4.78 is 30.1. The number of ether oxygens (including phenoxy) is 1. The second-order valence-electron chi connectivity index (χ2n) is 8.22. The summed E-state index contributed by atoms with van der Waals surface area (Å²) in [7, 11) is 3.40. The van der Waals surface area contributed by atoms with Gasteiger partial charge in [-0.1, -0.05) is 24.1 Å². The molecule has 2 aliphatic rings. The van der Waals surface area contributed by atoms with Crippen LogP contribution in [0.2, 0.25) is 0 Å². The van der Waals surface area contributed by atoms with Gasteiger partial charge in [0.25, 0.3) is 0 Å². The molecule has 30 heavy (non-hydrogen) atoms. The van der Waals surface area contributed by atoms with E-state index in [9.17, 15) is 13.6 Å². The minimum Gasteiger partial charge on any atom is -0.434 e. The van der Waals surface area contributed by atoms with E-state index >= 15 is 0 Å². The Morgan fingerprint density at radius 2 is 2.07 bits per heavy atom. The maximum absolute atomic E-state index is 12.7. The van der Waals surface area contributed by atoms with Gasteiger partial charge in [0, 0.05) is 25.7 Å². The highest BCUT2D eigenvalue weighted by atomic mass is 127. The number of nitrogens with one attached hydrogen (secondary N) is 2. The molecule has 1 amide bonds. The minimum absolute atomic E-state index is 0. The molecular formula is C21H31F2IN4O2. The number of benzene rings is 1. The maximum atomic E-state index is 12.7. The highest BCUT2D eigenvalue weighted by molar-refractivity contribution is 14.0. The second kappa shape index (κ2) is 11.1. The number of carbonyl (C=O) groups excluding carboxylic acids is 1. The molecule has 2 saturated carbocycles. The number of guanidine groups is 1. The van der Waals surface area contributed by atoms with Gasteiger partial charge >= 0.3 is 6.61 Å². The molecule has 0 aliphatic heterocycles. The number of rotatable bonds is 7. The fourth-order valence-electron chi connectivity index (χ4n) is 4.27. The van der Waals surface area contributed by atoms with Gasteiger partial charge in [0.05, 0.1) is 13.1 Å². The van der Waals surface area contributed by atoms with Gasteiger partial charge in [-0.15, -0.1) is 24.0 Å². The summed E-state index contributed by atoms with van der Waals surface area (Å²) >= 11 is 0. The number of likely N-dealkylation sites (N-methyl/N-ethyl adjacent to an activating group) is 1. The van der Waals surface area contributed by atoms with Crippen LogP contribution in [0, 0.1) is 18.8 Å². The number of hydrogen-bond donors (Lipinski definition) is 2. The molecule has 2 aliphatic carbocycles. The van der Waals surface area contributed by atoms with E-state index in [0.29, 0.717) is 23.5 Å². The SMILES string of the molecule is Cc1ccc(OC(F)F)c(CN=C(NCC(=O)N(C)C)NC2CC3CCC2C3)c1.I. The van der Waals surface area contributed by atoms with Crippen LogP contribution in [0.4, 0.5) is 8.78 Å². The molecule has 1 aromatic carbocycles. The summed E-state index contributed by atoms with van der Waals surface area (Å²) in [5.41, 5.74) is 1.52. The molecule has 2 fully saturated rings. The lowest BCUT2D eigenvalue weighted by atomic mass is 9.95. The van der Waals surface area contributed by atoms with E-state index in [0.717, 1.165) is 17.9 Å². The highest BCUT2D eigenvalue weighted by Crippen LogP contribution is 2.44. The molecule has 0 aromatic heterocycles. The summed E-state index contributed by atoms with van der Waals surface area (Å²) in [6, 6.07) is 5.40. The molecular weight excluding hydrogens is 505 g/mol. The summed E-state index contributed by atoms with van der Waals surface area (Å²) in [6.07, 6.45) is 4.86. The lowest BCUT2D eigenvalue weighted by Crippen LogP contribution is -2.48. The molecule has 3 atom stereocenters. The van der Waals surface area contributed by atoms with Gasteiger partial charge in [0.2, 0.25) is 5.91 Å². The Bertz CT molecular complexity index is 761. The first-order valence-electron chi connectivity index (χ1n) is 10.1. The number of nitrogens with zero attached hydrogens (tertiary/aromatic N) is 2. The predicted molar refractivity (Wildman–Crippen MR) is 123 cm³/mol. The Hall–Kier alpha value is -1.65. The van der Waals surface area contributed by atoms with Crippen molar-refractivity contribution < 1.29 is 18.3 Å². The Balaban J connectivity index is 0.00000320. The van der Waals surface area contributed by atoms with Crippen LogP contribution in [-0.4, -0.2) is 50.1 Å². The Labute approximate surface area is 193 Å². The van der Waals surface area contributed by atoms with E-state index in [2.05, 4.69) is 20.4 Å². The Morgan fingerprint density at radius 1 is 1.30 bits per heavy atom. The first kappa shape index (κ1) is 24.6. The van der Waals surface area contributed by atoms with Gasteiger partial charge in [-0.2, -0.15) is 8.78 Å². The van der Waals surface area contributed by atoms with Crippen molar-refractivity contribution in [3.8, 4) is 5.75 Å². The minimum atomic E-state index is -2.89. The number of aryl methyl sites for hydroxylation is 1. The largest absolute Gasteiger partial charge is 0.434 e. The number of aliphatic imine (C=N–C) groups is 1. The van der Waals surface area contributed by atoms with E-state index in [1.807, 2.05) is 6.92 Å². The van der Waals surface area contributed by atoms with Crippen molar-refractivity contribution in [3.05, 3.63) is 29.3 Å². The quantitative estimate of drug-likeness (QED) is 0.318. The molecule has 168 valence electrons. The lowest BCUT2D eigenvalue weighted by Gasteiger charge is -2.25. The van der Waals surface area contributed by atoms with Crippen LogP contribution in [0.15, 0.2) is 23.2 Å². The van der Waals surface area contributed by atoms with E-state index in [4.69, 9.17) is 0 Å². The fraction of sp³-hybridized carbons (Fsp3) is 0.619. The van der Waals surface area contributed by atoms with E-state index in [-0.39, 0.29) is 48.7 Å². The zero-order valence-corrected chi connectivity index (χ0v) is 20.0. The van der Waals surface area contributed by atoms with Gasteiger partial charge < -0.3 is 20.3 Å². The van der Waals surface area contributed by atoms with Crippen molar-refractivity contribution in [1.82, 2.24) is 15.5 Å². The van der Waals surface area contributed by atoms with Crippen molar-refractivity contribution in [2.75, 3.05) is 20.6 Å². The van der Waals surface area contributed by atoms with Crippen LogP contribution in [0.25, 0.3) is 0 Å². The van der Waals surface area contributed by atoms with Crippen LogP contribution in [0.1, 0.15) is 36.8 Å². The molecule has 0 saturated heterocycles. The third-order valence-electron chi connectivity index (χ3n) is 5.81. The fourth-order valence-corrected chi connectivity index (χ4v) is 4.27. The van der Waals surface area contributed by atoms with Crippen molar-refractivity contribution >= 4 is 35.8 Å². The molecule has 0 heterocycles. The second-order valence-corrected chi connectivity index (χ2v) is 8.22. The van der Waals surface area contributed by atoms with Gasteiger partial charge in [-0.25, -0.2) is 4.99 Å². The zero-order chi connectivity index (χ0) is 21.0. The molecule has 2 bridgehead atoms. The van der Waals surface area contributed by atoms with Crippen molar-refractivity contribution in [2.45, 2.75) is 51.8 Å². The normalized spacial score (nSPS) is 22.6. The standard InChI is InChI=1S/C21H30F2N4O2.HI/c1-13-4-7-18(29-20(22)23)16(8-13)11-24-21(25-12-19(28)27(2)3)26-17-10-14-5-6-15(17)9-14;/h4,7-8,14-15,17,20H,5-6,9-12H2,1-3H3,(H2,24,25,26);1H. The number of alkyl halides is 2. The Kier molecular flexibility index (Phi) is 9.11. The van der Waals surface area contributed by atoms with Crippen LogP contribution < -0.4 is 15.4 Å². The summed E-state index contributed by atoms with van der Waals surface area (Å²) in [6.45, 7) is -0.700. The topological polar surface area (TPSA) is 66.0 Å². The van der Waals surface area contributed by atoms with Crippen molar-refractivity contribution in [1.29, 1.82) is 0 Å². The van der Waals surface area contributed by atoms with E-state index < -0.39 is 6.61 Å². The van der Waals surface area contributed by atoms with Crippen LogP contribution in [-0.2, 0) is 11.3 Å². The summed E-state index contributed by atoms with van der Waals surface area (Å²) in [4.78, 5) is 18.1. The van der Waals surface area contributed by atoms with E-state index in [1.165, 1.54) is 24.2 Å². The van der Waals surface area contributed by atoms with Gasteiger partial charge in [0.15, 0.2) is 5.96 Å².